The third kappa shape index (κ3) is 5.21. The summed E-state index contributed by atoms with van der Waals surface area (Å²) in [5.41, 5.74) is 17.2. The van der Waals surface area contributed by atoms with Crippen molar-refractivity contribution in [3.05, 3.63) is 199 Å². The van der Waals surface area contributed by atoms with Gasteiger partial charge < -0.3 is 4.90 Å². The van der Waals surface area contributed by atoms with Crippen molar-refractivity contribution in [1.82, 2.24) is 0 Å². The van der Waals surface area contributed by atoms with E-state index in [0.717, 1.165) is 35.0 Å². The summed E-state index contributed by atoms with van der Waals surface area (Å²) in [5.74, 6) is 3.39. The van der Waals surface area contributed by atoms with E-state index in [0.29, 0.717) is 0 Å². The summed E-state index contributed by atoms with van der Waals surface area (Å²) in [5, 5.41) is 2.54. The fraction of sp³-hybridized carbons (Fsp3) is 0.179. The van der Waals surface area contributed by atoms with E-state index in [4.69, 9.17) is 0 Å². The Labute approximate surface area is 336 Å². The van der Waals surface area contributed by atoms with Crippen LogP contribution in [0.15, 0.2) is 188 Å². The minimum Gasteiger partial charge on any atom is -0.310 e. The zero-order chi connectivity index (χ0) is 37.5. The number of hydrogen-bond donors (Lipinski definition) is 0. The van der Waals surface area contributed by atoms with E-state index in [1.807, 2.05) is 0 Å². The van der Waals surface area contributed by atoms with Crippen molar-refractivity contribution in [3.63, 3.8) is 0 Å². The molecule has 0 saturated heterocycles. The summed E-state index contributed by atoms with van der Waals surface area (Å²) in [4.78, 5) is 2.47. The van der Waals surface area contributed by atoms with Gasteiger partial charge in [0.25, 0.3) is 0 Å². The Hall–Kier alpha value is -6.18. The highest BCUT2D eigenvalue weighted by atomic mass is 15.1. The second-order valence-corrected chi connectivity index (χ2v) is 17.4. The highest BCUT2D eigenvalue weighted by Crippen LogP contribution is 2.69. The van der Waals surface area contributed by atoms with Crippen LogP contribution in [0, 0.1) is 23.7 Å². The molecule has 0 atom stereocenters. The topological polar surface area (TPSA) is 3.24 Å². The Kier molecular flexibility index (Phi) is 7.49. The van der Waals surface area contributed by atoms with Crippen LogP contribution in [-0.2, 0) is 5.41 Å². The van der Waals surface area contributed by atoms with Gasteiger partial charge in [0.05, 0.1) is 0 Å². The average molecular weight is 732 g/mol. The van der Waals surface area contributed by atoms with Crippen LogP contribution in [0.3, 0.4) is 0 Å². The molecule has 0 heterocycles. The highest BCUT2D eigenvalue weighted by molar-refractivity contribution is 5.90. The van der Waals surface area contributed by atoms with E-state index in [2.05, 4.69) is 193 Å². The molecular formula is C56H45N. The number of anilines is 3. The van der Waals surface area contributed by atoms with E-state index in [1.54, 1.807) is 11.1 Å². The smallest absolute Gasteiger partial charge is 0.0468 e. The summed E-state index contributed by atoms with van der Waals surface area (Å²) >= 11 is 0. The lowest BCUT2D eigenvalue weighted by Gasteiger charge is -2.61. The minimum atomic E-state index is 0.169. The van der Waals surface area contributed by atoms with Gasteiger partial charge in [-0.3, -0.25) is 0 Å². The summed E-state index contributed by atoms with van der Waals surface area (Å²) < 4.78 is 0. The van der Waals surface area contributed by atoms with Crippen molar-refractivity contribution in [1.29, 1.82) is 0 Å². The SMILES string of the molecule is c1ccc(-c2ccc(-c3ccc(N(c4ccc(-c5ccc6ccccc6c5)cc4)c4ccc5c(c4)-c4ccccc4C54C5CC6CC(C5)CC4C6)cc3)cc2)cc1. The molecule has 1 heteroatoms. The molecule has 0 aromatic heterocycles. The second-order valence-electron chi connectivity index (χ2n) is 17.4. The van der Waals surface area contributed by atoms with Crippen LogP contribution in [0.1, 0.15) is 43.2 Å². The molecule has 8 aromatic rings. The predicted octanol–water partition coefficient (Wildman–Crippen LogP) is 15.0. The lowest BCUT2D eigenvalue weighted by Crippen LogP contribution is -2.55. The first-order valence-electron chi connectivity index (χ1n) is 21.1. The zero-order valence-electron chi connectivity index (χ0n) is 32.2. The third-order valence-electron chi connectivity index (χ3n) is 14.5. The maximum absolute atomic E-state index is 2.55. The molecule has 1 nitrogen and oxygen atoms in total. The molecule has 13 rings (SSSR count). The first kappa shape index (κ1) is 33.0. The standard InChI is InChI=1S/C56H45N/c1-2-8-39(9-3-1)41-14-16-42(17-15-41)43-20-24-49(25-21-43)57(50-26-22-44(23-27-50)46-19-18-40-10-4-5-11-45(40)35-46)51-28-29-55-53(36-51)52-12-6-7-13-54(52)56(55)47-31-37-30-38(33-47)34-48(56)32-37/h1-29,35-38,47-48H,30-34H2. The van der Waals surface area contributed by atoms with Gasteiger partial charge in [-0.25, -0.2) is 0 Å². The van der Waals surface area contributed by atoms with Crippen LogP contribution in [0.4, 0.5) is 17.1 Å². The second kappa shape index (κ2) is 12.9. The van der Waals surface area contributed by atoms with Crippen molar-refractivity contribution in [2.24, 2.45) is 23.7 Å². The first-order valence-corrected chi connectivity index (χ1v) is 21.1. The van der Waals surface area contributed by atoms with E-state index in [1.165, 1.54) is 93.1 Å². The molecule has 1 spiro atoms. The molecule has 274 valence electrons. The lowest BCUT2D eigenvalue weighted by atomic mass is 9.43. The molecule has 0 unspecified atom stereocenters. The summed E-state index contributed by atoms with van der Waals surface area (Å²) in [7, 11) is 0. The lowest BCUT2D eigenvalue weighted by molar-refractivity contribution is -0.0399. The average Bonchev–Trinajstić information content (AvgIpc) is 3.56. The largest absolute Gasteiger partial charge is 0.310 e. The van der Waals surface area contributed by atoms with Crippen LogP contribution >= 0.6 is 0 Å². The van der Waals surface area contributed by atoms with Gasteiger partial charge in [0.2, 0.25) is 0 Å². The van der Waals surface area contributed by atoms with Gasteiger partial charge in [0.1, 0.15) is 0 Å². The molecule has 5 aliphatic rings. The van der Waals surface area contributed by atoms with Gasteiger partial charge in [-0.2, -0.15) is 0 Å². The molecule has 57 heavy (non-hydrogen) atoms. The maximum Gasteiger partial charge on any atom is 0.0468 e. The molecule has 4 saturated carbocycles. The first-order chi connectivity index (χ1) is 28.2. The van der Waals surface area contributed by atoms with Crippen LogP contribution < -0.4 is 4.90 Å². The van der Waals surface area contributed by atoms with E-state index >= 15 is 0 Å². The molecule has 4 bridgehead atoms. The van der Waals surface area contributed by atoms with Crippen molar-refractivity contribution in [3.8, 4) is 44.5 Å². The number of hydrogen-bond acceptors (Lipinski definition) is 1. The van der Waals surface area contributed by atoms with Gasteiger partial charge in [-0.05, 0) is 165 Å². The Bertz CT molecular complexity index is 2750. The van der Waals surface area contributed by atoms with Crippen LogP contribution in [0.5, 0.6) is 0 Å². The van der Waals surface area contributed by atoms with Gasteiger partial charge in [0.15, 0.2) is 0 Å². The molecule has 0 radical (unpaired) electrons. The van der Waals surface area contributed by atoms with Crippen LogP contribution in [-0.4, -0.2) is 0 Å². The Balaban J connectivity index is 0.953. The van der Waals surface area contributed by atoms with E-state index in [9.17, 15) is 0 Å². The van der Waals surface area contributed by atoms with Crippen molar-refractivity contribution < 1.29 is 0 Å². The zero-order valence-corrected chi connectivity index (χ0v) is 32.2. The van der Waals surface area contributed by atoms with Gasteiger partial charge in [-0.15, -0.1) is 0 Å². The van der Waals surface area contributed by atoms with Crippen molar-refractivity contribution in [2.75, 3.05) is 4.90 Å². The Morgan fingerprint density at radius 1 is 0.333 bits per heavy atom. The maximum atomic E-state index is 2.55. The molecule has 5 aliphatic carbocycles. The normalized spacial score (nSPS) is 22.5. The van der Waals surface area contributed by atoms with Crippen LogP contribution in [0.25, 0.3) is 55.3 Å². The van der Waals surface area contributed by atoms with Gasteiger partial charge >= 0.3 is 0 Å². The van der Waals surface area contributed by atoms with E-state index in [-0.39, 0.29) is 5.41 Å². The number of nitrogens with zero attached hydrogens (tertiary/aromatic N) is 1. The van der Waals surface area contributed by atoms with Gasteiger partial charge in [0, 0.05) is 22.5 Å². The quantitative estimate of drug-likeness (QED) is 0.165. The molecule has 4 fully saturated rings. The molecular weight excluding hydrogens is 687 g/mol. The number of benzene rings is 8. The Morgan fingerprint density at radius 3 is 1.46 bits per heavy atom. The fourth-order valence-electron chi connectivity index (χ4n) is 12.2. The van der Waals surface area contributed by atoms with E-state index < -0.39 is 0 Å². The summed E-state index contributed by atoms with van der Waals surface area (Å²) in [6.07, 6.45) is 7.08. The number of rotatable bonds is 6. The summed E-state index contributed by atoms with van der Waals surface area (Å²) in [6.45, 7) is 0. The van der Waals surface area contributed by atoms with Crippen molar-refractivity contribution >= 4 is 27.8 Å². The molecule has 0 amide bonds. The van der Waals surface area contributed by atoms with Crippen LogP contribution in [0.2, 0.25) is 0 Å². The van der Waals surface area contributed by atoms with Gasteiger partial charge in [-0.1, -0.05) is 146 Å². The number of fused-ring (bicyclic) bond motifs is 4. The third-order valence-corrected chi connectivity index (χ3v) is 14.5. The fourth-order valence-corrected chi connectivity index (χ4v) is 12.2. The summed E-state index contributed by atoms with van der Waals surface area (Å²) in [6, 6.07) is 70.4. The van der Waals surface area contributed by atoms with Crippen molar-refractivity contribution in [2.45, 2.75) is 37.5 Å². The molecule has 0 N–H and O–H groups in total. The monoisotopic (exact) mass is 731 g/mol. The predicted molar refractivity (Wildman–Crippen MR) is 238 cm³/mol. The highest BCUT2D eigenvalue weighted by Gasteiger charge is 2.61. The molecule has 0 aliphatic heterocycles. The Morgan fingerprint density at radius 2 is 0.807 bits per heavy atom. The molecule has 8 aromatic carbocycles. The minimum absolute atomic E-state index is 0.169.